The van der Waals surface area contributed by atoms with Gasteiger partial charge >= 0.3 is 6.16 Å². The van der Waals surface area contributed by atoms with Gasteiger partial charge in [0.1, 0.15) is 5.75 Å². The standard InChI is InChI=1S/C19H23ClN4O4/c1-2-27-17-9-13(3-4-16(17)20)12-24-7-5-14(6-8-24)23-18-21-10-15(11-22-18)28-19(25)26/h3-4,9-11,14H,2,5-8,12H2,1H3,(H,25,26)(H,21,22,23). The third kappa shape index (κ3) is 5.71. The lowest BCUT2D eigenvalue weighted by atomic mass is 10.0. The summed E-state index contributed by atoms with van der Waals surface area (Å²) in [5, 5.41) is 12.5. The first kappa shape index (κ1) is 20.2. The molecule has 1 aromatic heterocycles. The molecule has 0 unspecified atom stereocenters. The van der Waals surface area contributed by atoms with Gasteiger partial charge in [-0.2, -0.15) is 0 Å². The Bertz CT molecular complexity index is 795. The highest BCUT2D eigenvalue weighted by molar-refractivity contribution is 6.32. The zero-order valence-corrected chi connectivity index (χ0v) is 16.4. The van der Waals surface area contributed by atoms with E-state index in [1.165, 1.54) is 18.0 Å². The van der Waals surface area contributed by atoms with E-state index in [1.54, 1.807) is 0 Å². The molecule has 0 aliphatic carbocycles. The summed E-state index contributed by atoms with van der Waals surface area (Å²) in [5.74, 6) is 1.29. The van der Waals surface area contributed by atoms with Crippen LogP contribution in [0.25, 0.3) is 0 Å². The van der Waals surface area contributed by atoms with Crippen LogP contribution in [0.1, 0.15) is 25.3 Å². The lowest BCUT2D eigenvalue weighted by Crippen LogP contribution is -2.38. The number of rotatable bonds is 7. The summed E-state index contributed by atoms with van der Waals surface area (Å²) >= 11 is 6.15. The molecule has 9 heteroatoms. The molecule has 1 aromatic carbocycles. The Balaban J connectivity index is 1.48. The minimum absolute atomic E-state index is 0.0993. The molecule has 28 heavy (non-hydrogen) atoms. The molecule has 150 valence electrons. The summed E-state index contributed by atoms with van der Waals surface area (Å²) in [4.78, 5) is 21.1. The number of hydrogen-bond donors (Lipinski definition) is 2. The van der Waals surface area contributed by atoms with Gasteiger partial charge in [-0.25, -0.2) is 14.8 Å². The van der Waals surface area contributed by atoms with Gasteiger partial charge in [0.05, 0.1) is 24.0 Å². The molecule has 1 aliphatic heterocycles. The fourth-order valence-electron chi connectivity index (χ4n) is 3.13. The molecule has 2 heterocycles. The number of halogens is 1. The number of nitrogens with one attached hydrogen (secondary N) is 1. The summed E-state index contributed by atoms with van der Waals surface area (Å²) in [6.07, 6.45) is 3.22. The average Bonchev–Trinajstić information content (AvgIpc) is 2.67. The van der Waals surface area contributed by atoms with E-state index in [0.29, 0.717) is 17.6 Å². The SMILES string of the molecule is CCOc1cc(CN2CCC(Nc3ncc(OC(=O)O)cn3)CC2)ccc1Cl. The molecule has 1 saturated heterocycles. The molecular formula is C19H23ClN4O4. The van der Waals surface area contributed by atoms with Gasteiger partial charge in [0, 0.05) is 25.7 Å². The van der Waals surface area contributed by atoms with Crippen LogP contribution in [0.5, 0.6) is 11.5 Å². The number of nitrogens with zero attached hydrogens (tertiary/aromatic N) is 3. The van der Waals surface area contributed by atoms with Crippen LogP contribution in [0.2, 0.25) is 5.02 Å². The van der Waals surface area contributed by atoms with Crippen LogP contribution in [0, 0.1) is 0 Å². The van der Waals surface area contributed by atoms with E-state index in [9.17, 15) is 4.79 Å². The second-order valence-corrected chi connectivity index (χ2v) is 6.91. The molecule has 2 aromatic rings. The number of carbonyl (C=O) groups is 1. The summed E-state index contributed by atoms with van der Waals surface area (Å²) in [6.45, 7) is 5.28. The van der Waals surface area contributed by atoms with Crippen LogP contribution in [0.3, 0.4) is 0 Å². The fourth-order valence-corrected chi connectivity index (χ4v) is 3.30. The predicted molar refractivity (Wildman–Crippen MR) is 105 cm³/mol. The second kappa shape index (κ2) is 9.57. The van der Waals surface area contributed by atoms with Gasteiger partial charge in [0.2, 0.25) is 5.95 Å². The predicted octanol–water partition coefficient (Wildman–Crippen LogP) is 3.66. The van der Waals surface area contributed by atoms with Crippen LogP contribution < -0.4 is 14.8 Å². The second-order valence-electron chi connectivity index (χ2n) is 6.50. The first-order chi connectivity index (χ1) is 13.5. The zero-order chi connectivity index (χ0) is 19.9. The van der Waals surface area contributed by atoms with Gasteiger partial charge in [-0.3, -0.25) is 4.90 Å². The summed E-state index contributed by atoms with van der Waals surface area (Å²) in [6, 6.07) is 6.19. The molecule has 0 saturated carbocycles. The number of carboxylic acid groups (broad SMARTS) is 1. The molecule has 2 N–H and O–H groups in total. The number of anilines is 1. The Morgan fingerprint density at radius 1 is 1.32 bits per heavy atom. The van der Waals surface area contributed by atoms with Crippen molar-refractivity contribution in [2.24, 2.45) is 0 Å². The van der Waals surface area contributed by atoms with Crippen LogP contribution in [-0.4, -0.2) is 51.9 Å². The van der Waals surface area contributed by atoms with Crippen molar-refractivity contribution >= 4 is 23.7 Å². The fraction of sp³-hybridized carbons (Fsp3) is 0.421. The minimum Gasteiger partial charge on any atom is -0.492 e. The Hall–Kier alpha value is -2.58. The van der Waals surface area contributed by atoms with Crippen molar-refractivity contribution in [1.29, 1.82) is 0 Å². The highest BCUT2D eigenvalue weighted by Gasteiger charge is 2.20. The molecule has 1 aliphatic rings. The van der Waals surface area contributed by atoms with Crippen LogP contribution >= 0.6 is 11.6 Å². The van der Waals surface area contributed by atoms with Crippen LogP contribution in [0.4, 0.5) is 10.7 Å². The van der Waals surface area contributed by atoms with E-state index in [0.717, 1.165) is 38.2 Å². The molecule has 0 bridgehead atoms. The first-order valence-electron chi connectivity index (χ1n) is 9.16. The van der Waals surface area contributed by atoms with Crippen molar-refractivity contribution < 1.29 is 19.4 Å². The van der Waals surface area contributed by atoms with Gasteiger partial charge in [-0.05, 0) is 37.5 Å². The number of piperidine rings is 1. The van der Waals surface area contributed by atoms with Crippen molar-refractivity contribution in [3.63, 3.8) is 0 Å². The lowest BCUT2D eigenvalue weighted by Gasteiger charge is -2.32. The Labute approximate surface area is 168 Å². The maximum atomic E-state index is 10.5. The third-order valence-electron chi connectivity index (χ3n) is 4.46. The Morgan fingerprint density at radius 3 is 2.68 bits per heavy atom. The summed E-state index contributed by atoms with van der Waals surface area (Å²) < 4.78 is 10.1. The molecule has 0 radical (unpaired) electrons. The van der Waals surface area contributed by atoms with E-state index in [-0.39, 0.29) is 11.8 Å². The van der Waals surface area contributed by atoms with Gasteiger partial charge in [0.15, 0.2) is 5.75 Å². The lowest BCUT2D eigenvalue weighted by molar-refractivity contribution is 0.144. The van der Waals surface area contributed by atoms with E-state index in [2.05, 4.69) is 24.9 Å². The zero-order valence-electron chi connectivity index (χ0n) is 15.6. The molecular weight excluding hydrogens is 384 g/mol. The minimum atomic E-state index is -1.38. The van der Waals surface area contributed by atoms with Crippen molar-refractivity contribution in [1.82, 2.24) is 14.9 Å². The number of benzene rings is 1. The highest BCUT2D eigenvalue weighted by Crippen LogP contribution is 2.27. The number of aromatic nitrogens is 2. The smallest absolute Gasteiger partial charge is 0.492 e. The largest absolute Gasteiger partial charge is 0.511 e. The quantitative estimate of drug-likeness (QED) is 0.672. The number of likely N-dealkylation sites (tertiary alicyclic amines) is 1. The molecule has 1 fully saturated rings. The third-order valence-corrected chi connectivity index (χ3v) is 4.77. The maximum Gasteiger partial charge on any atom is 0.511 e. The van der Waals surface area contributed by atoms with Crippen molar-refractivity contribution in [3.8, 4) is 11.5 Å². The first-order valence-corrected chi connectivity index (χ1v) is 9.54. The molecule has 0 spiro atoms. The van der Waals surface area contributed by atoms with E-state index < -0.39 is 6.16 Å². The molecule has 3 rings (SSSR count). The van der Waals surface area contributed by atoms with Crippen LogP contribution in [-0.2, 0) is 6.54 Å². The monoisotopic (exact) mass is 406 g/mol. The van der Waals surface area contributed by atoms with Crippen molar-refractivity contribution in [3.05, 3.63) is 41.2 Å². The number of hydrogen-bond acceptors (Lipinski definition) is 7. The van der Waals surface area contributed by atoms with Crippen LogP contribution in [0.15, 0.2) is 30.6 Å². The van der Waals surface area contributed by atoms with Gasteiger partial charge in [-0.1, -0.05) is 17.7 Å². The van der Waals surface area contributed by atoms with Crippen molar-refractivity contribution in [2.45, 2.75) is 32.4 Å². The molecule has 0 atom stereocenters. The average molecular weight is 407 g/mol. The highest BCUT2D eigenvalue weighted by atomic mass is 35.5. The van der Waals surface area contributed by atoms with Gasteiger partial charge in [0.25, 0.3) is 0 Å². The summed E-state index contributed by atoms with van der Waals surface area (Å²) in [5.41, 5.74) is 1.18. The number of ether oxygens (including phenoxy) is 2. The topological polar surface area (TPSA) is 96.8 Å². The maximum absolute atomic E-state index is 10.5. The van der Waals surface area contributed by atoms with Gasteiger partial charge in [-0.15, -0.1) is 0 Å². The molecule has 0 amide bonds. The molecule has 8 nitrogen and oxygen atoms in total. The van der Waals surface area contributed by atoms with E-state index in [4.69, 9.17) is 21.4 Å². The summed E-state index contributed by atoms with van der Waals surface area (Å²) in [7, 11) is 0. The normalized spacial score (nSPS) is 15.2. The Morgan fingerprint density at radius 2 is 2.04 bits per heavy atom. The Kier molecular flexibility index (Phi) is 6.89. The van der Waals surface area contributed by atoms with Crippen molar-refractivity contribution in [2.75, 3.05) is 25.0 Å². The van der Waals surface area contributed by atoms with E-state index >= 15 is 0 Å². The van der Waals surface area contributed by atoms with E-state index in [1.807, 2.05) is 25.1 Å². The van der Waals surface area contributed by atoms with Gasteiger partial charge < -0.3 is 19.9 Å².